The van der Waals surface area contributed by atoms with Gasteiger partial charge in [-0.05, 0) is 39.1 Å². The summed E-state index contributed by atoms with van der Waals surface area (Å²) in [6.45, 7) is 0.716. The zero-order chi connectivity index (χ0) is 15.8. The Morgan fingerprint density at radius 3 is 2.43 bits per heavy atom. The summed E-state index contributed by atoms with van der Waals surface area (Å²) in [6, 6.07) is 2.65. The fourth-order valence-corrected chi connectivity index (χ4v) is 4.39. The lowest BCUT2D eigenvalue weighted by Gasteiger charge is -2.34. The summed E-state index contributed by atoms with van der Waals surface area (Å²) >= 11 is 5.80. The molecule has 0 aromatic heterocycles. The van der Waals surface area contributed by atoms with Crippen LogP contribution in [0.15, 0.2) is 17.0 Å². The van der Waals surface area contributed by atoms with Gasteiger partial charge in [-0.2, -0.15) is 4.31 Å². The molecular weight excluding hydrogens is 317 g/mol. The highest BCUT2D eigenvalue weighted by molar-refractivity contribution is 7.89. The molecule has 1 fully saturated rings. The summed E-state index contributed by atoms with van der Waals surface area (Å²) in [5, 5.41) is 0.107. The van der Waals surface area contributed by atoms with E-state index in [1.807, 2.05) is 14.1 Å². The summed E-state index contributed by atoms with van der Waals surface area (Å²) in [4.78, 5) is 1.62. The molecule has 118 valence electrons. The third-order valence-corrected chi connectivity index (χ3v) is 5.92. The van der Waals surface area contributed by atoms with Crippen molar-refractivity contribution in [1.82, 2.24) is 9.21 Å². The Kier molecular flexibility index (Phi) is 4.77. The Hall–Kier alpha value is -0.890. The second-order valence-corrected chi connectivity index (χ2v) is 7.75. The van der Waals surface area contributed by atoms with Crippen molar-refractivity contribution in [2.24, 2.45) is 0 Å². The number of nitrogens with two attached hydrogens (primary N) is 1. The highest BCUT2D eigenvalue weighted by Crippen LogP contribution is 2.29. The van der Waals surface area contributed by atoms with E-state index in [9.17, 15) is 12.8 Å². The topological polar surface area (TPSA) is 66.6 Å². The first-order valence-corrected chi connectivity index (χ1v) is 8.46. The standard InChI is InChI=1S/C13H19ClFN3O2S/c1-17(2)10-3-5-18(6-4-10)21(19,20)12-8-9(14)7-11(16)13(12)15/h7-8,10H,3-6,16H2,1-2H3. The molecule has 5 nitrogen and oxygen atoms in total. The number of piperidine rings is 1. The molecule has 1 aliphatic heterocycles. The van der Waals surface area contributed by atoms with Crippen molar-refractivity contribution in [1.29, 1.82) is 0 Å². The van der Waals surface area contributed by atoms with Crippen molar-refractivity contribution in [3.05, 3.63) is 23.0 Å². The highest BCUT2D eigenvalue weighted by Gasteiger charge is 2.32. The van der Waals surface area contributed by atoms with Gasteiger partial charge in [-0.15, -0.1) is 0 Å². The quantitative estimate of drug-likeness (QED) is 0.855. The Labute approximate surface area is 129 Å². The minimum absolute atomic E-state index is 0.107. The van der Waals surface area contributed by atoms with E-state index in [2.05, 4.69) is 4.90 Å². The van der Waals surface area contributed by atoms with Gasteiger partial charge in [-0.3, -0.25) is 0 Å². The van der Waals surface area contributed by atoms with Crippen LogP contribution < -0.4 is 5.73 Å². The van der Waals surface area contributed by atoms with Crippen LogP contribution in [-0.4, -0.2) is 50.8 Å². The summed E-state index contributed by atoms with van der Waals surface area (Å²) < 4.78 is 40.4. The second-order valence-electron chi connectivity index (χ2n) is 5.41. The number of halogens is 2. The van der Waals surface area contributed by atoms with Crippen LogP contribution in [0.2, 0.25) is 5.02 Å². The maximum Gasteiger partial charge on any atom is 0.246 e. The Morgan fingerprint density at radius 1 is 1.33 bits per heavy atom. The normalized spacial score (nSPS) is 18.3. The fourth-order valence-electron chi connectivity index (χ4n) is 2.51. The molecule has 0 bridgehead atoms. The van der Waals surface area contributed by atoms with Gasteiger partial charge in [0.1, 0.15) is 4.90 Å². The van der Waals surface area contributed by atoms with Crippen molar-refractivity contribution in [3.63, 3.8) is 0 Å². The maximum absolute atomic E-state index is 14.0. The lowest BCUT2D eigenvalue weighted by Crippen LogP contribution is -2.44. The van der Waals surface area contributed by atoms with Crippen LogP contribution >= 0.6 is 11.6 Å². The van der Waals surface area contributed by atoms with E-state index in [0.29, 0.717) is 32.0 Å². The summed E-state index contributed by atoms with van der Waals surface area (Å²) in [6.07, 6.45) is 1.42. The molecule has 1 heterocycles. The predicted molar refractivity (Wildman–Crippen MR) is 81.3 cm³/mol. The number of sulfonamides is 1. The number of hydrogen-bond donors (Lipinski definition) is 1. The molecule has 0 saturated carbocycles. The molecule has 1 saturated heterocycles. The van der Waals surface area contributed by atoms with Crippen LogP contribution in [0.1, 0.15) is 12.8 Å². The Balaban J connectivity index is 2.28. The average Bonchev–Trinajstić information content (AvgIpc) is 2.42. The number of anilines is 1. The average molecular weight is 336 g/mol. The first-order chi connectivity index (χ1) is 9.73. The molecule has 2 rings (SSSR count). The van der Waals surface area contributed by atoms with E-state index in [4.69, 9.17) is 17.3 Å². The molecule has 2 N–H and O–H groups in total. The van der Waals surface area contributed by atoms with Crippen molar-refractivity contribution < 1.29 is 12.8 Å². The smallest absolute Gasteiger partial charge is 0.246 e. The SMILES string of the molecule is CN(C)C1CCN(S(=O)(=O)c2cc(Cl)cc(N)c2F)CC1. The number of benzene rings is 1. The third kappa shape index (κ3) is 3.31. The molecule has 1 aliphatic rings. The molecule has 21 heavy (non-hydrogen) atoms. The number of nitrogens with zero attached hydrogens (tertiary/aromatic N) is 2. The van der Waals surface area contributed by atoms with Crippen molar-refractivity contribution >= 4 is 27.3 Å². The molecular formula is C13H19ClFN3O2S. The van der Waals surface area contributed by atoms with E-state index in [1.54, 1.807) is 0 Å². The lowest BCUT2D eigenvalue weighted by atomic mass is 10.1. The van der Waals surface area contributed by atoms with Gasteiger partial charge in [-0.25, -0.2) is 12.8 Å². The Bertz CT molecular complexity index is 629. The van der Waals surface area contributed by atoms with Crippen molar-refractivity contribution in [3.8, 4) is 0 Å². The van der Waals surface area contributed by atoms with E-state index >= 15 is 0 Å². The molecule has 0 atom stereocenters. The monoisotopic (exact) mass is 335 g/mol. The number of nitrogen functional groups attached to an aromatic ring is 1. The van der Waals surface area contributed by atoms with Crippen LogP contribution in [0.25, 0.3) is 0 Å². The first kappa shape index (κ1) is 16.5. The van der Waals surface area contributed by atoms with Gasteiger partial charge >= 0.3 is 0 Å². The third-order valence-electron chi connectivity index (χ3n) is 3.80. The van der Waals surface area contributed by atoms with Gasteiger partial charge in [0, 0.05) is 24.2 Å². The van der Waals surface area contributed by atoms with Gasteiger partial charge in [0.05, 0.1) is 5.69 Å². The van der Waals surface area contributed by atoms with Crippen LogP contribution in [0.5, 0.6) is 0 Å². The van der Waals surface area contributed by atoms with E-state index in [1.165, 1.54) is 10.4 Å². The molecule has 0 amide bonds. The highest BCUT2D eigenvalue weighted by atomic mass is 35.5. The minimum atomic E-state index is -3.91. The summed E-state index contributed by atoms with van der Waals surface area (Å²) in [7, 11) is 0.0174. The van der Waals surface area contributed by atoms with E-state index in [0.717, 1.165) is 6.07 Å². The van der Waals surface area contributed by atoms with Crippen LogP contribution in [-0.2, 0) is 10.0 Å². The molecule has 0 radical (unpaired) electrons. The van der Waals surface area contributed by atoms with Gasteiger partial charge in [0.25, 0.3) is 0 Å². The van der Waals surface area contributed by atoms with Gasteiger partial charge < -0.3 is 10.6 Å². The fraction of sp³-hybridized carbons (Fsp3) is 0.538. The van der Waals surface area contributed by atoms with Gasteiger partial charge in [0.2, 0.25) is 10.0 Å². The van der Waals surface area contributed by atoms with E-state index < -0.39 is 20.7 Å². The van der Waals surface area contributed by atoms with E-state index in [-0.39, 0.29) is 10.7 Å². The Morgan fingerprint density at radius 2 is 1.90 bits per heavy atom. The first-order valence-electron chi connectivity index (χ1n) is 6.64. The summed E-state index contributed by atoms with van der Waals surface area (Å²) in [5.74, 6) is -0.936. The second kappa shape index (κ2) is 6.08. The number of hydrogen-bond acceptors (Lipinski definition) is 4. The van der Waals surface area contributed by atoms with Crippen LogP contribution in [0.4, 0.5) is 10.1 Å². The molecule has 1 aromatic carbocycles. The predicted octanol–water partition coefficient (Wildman–Crippen LogP) is 1.78. The molecule has 0 unspecified atom stereocenters. The number of rotatable bonds is 3. The zero-order valence-electron chi connectivity index (χ0n) is 12.0. The van der Waals surface area contributed by atoms with Crippen molar-refractivity contribution in [2.45, 2.75) is 23.8 Å². The lowest BCUT2D eigenvalue weighted by molar-refractivity contribution is 0.196. The molecule has 0 aliphatic carbocycles. The van der Waals surface area contributed by atoms with Gasteiger partial charge in [-0.1, -0.05) is 11.6 Å². The van der Waals surface area contributed by atoms with Crippen LogP contribution in [0.3, 0.4) is 0 Å². The minimum Gasteiger partial charge on any atom is -0.396 e. The largest absolute Gasteiger partial charge is 0.396 e. The zero-order valence-corrected chi connectivity index (χ0v) is 13.6. The maximum atomic E-state index is 14.0. The van der Waals surface area contributed by atoms with Crippen molar-refractivity contribution in [2.75, 3.05) is 32.9 Å². The van der Waals surface area contributed by atoms with Crippen LogP contribution in [0, 0.1) is 5.82 Å². The molecule has 1 aromatic rings. The van der Waals surface area contributed by atoms with Gasteiger partial charge in [0.15, 0.2) is 5.82 Å². The summed E-state index contributed by atoms with van der Waals surface area (Å²) in [5.41, 5.74) is 5.20. The molecule has 8 heteroatoms. The molecule has 0 spiro atoms.